The molecule has 0 aromatic heterocycles. The molecule has 0 aromatic carbocycles. The van der Waals surface area contributed by atoms with Crippen molar-refractivity contribution in [2.45, 2.75) is 96.0 Å². The average Bonchev–Trinajstić information content (AvgIpc) is 3.25. The zero-order chi connectivity index (χ0) is 21.5. The number of hydrogen-bond acceptors (Lipinski definition) is 4. The summed E-state index contributed by atoms with van der Waals surface area (Å²) in [6.45, 7) is 8.40. The molecule has 0 radical (unpaired) electrons. The van der Waals surface area contributed by atoms with E-state index in [1.54, 1.807) is 5.57 Å². The normalized spacial score (nSPS) is 53.6. The third kappa shape index (κ3) is 2.81. The van der Waals surface area contributed by atoms with Crippen LogP contribution < -0.4 is 5.32 Å². The summed E-state index contributed by atoms with van der Waals surface area (Å²) in [5.74, 6) is 3.05. The van der Waals surface area contributed by atoms with Crippen LogP contribution in [0.1, 0.15) is 72.1 Å². The topological polar surface area (TPSA) is 61.7 Å². The Morgan fingerprint density at radius 3 is 2.84 bits per heavy atom. The Kier molecular flexibility index (Phi) is 4.82. The van der Waals surface area contributed by atoms with Gasteiger partial charge in [0.2, 0.25) is 0 Å². The van der Waals surface area contributed by atoms with Crippen LogP contribution >= 0.6 is 0 Å². The average molecular weight is 428 g/mol. The molecule has 4 nitrogen and oxygen atoms in total. The minimum atomic E-state index is -0.263. The highest BCUT2D eigenvalue weighted by molar-refractivity contribution is 5.39. The summed E-state index contributed by atoms with van der Waals surface area (Å²) >= 11 is 0. The van der Waals surface area contributed by atoms with Gasteiger partial charge in [-0.2, -0.15) is 0 Å². The molecule has 0 bridgehead atoms. The van der Waals surface area contributed by atoms with Gasteiger partial charge in [-0.3, -0.25) is 0 Å². The van der Waals surface area contributed by atoms with E-state index in [-0.39, 0.29) is 29.8 Å². The van der Waals surface area contributed by atoms with E-state index in [0.29, 0.717) is 35.6 Å². The second kappa shape index (κ2) is 7.16. The molecule has 0 amide bonds. The lowest BCUT2D eigenvalue weighted by molar-refractivity contribution is -0.0600. The Hall–Kier alpha value is -0.680. The van der Waals surface area contributed by atoms with E-state index < -0.39 is 0 Å². The van der Waals surface area contributed by atoms with Crippen LogP contribution in [-0.2, 0) is 4.74 Å². The van der Waals surface area contributed by atoms with Crippen molar-refractivity contribution in [2.75, 3.05) is 13.2 Å². The number of fused-ring (bicyclic) bond motifs is 6. The van der Waals surface area contributed by atoms with Crippen LogP contribution in [0, 0.1) is 35.0 Å². The number of aliphatic hydroxyl groups is 2. The maximum absolute atomic E-state index is 10.7. The summed E-state index contributed by atoms with van der Waals surface area (Å²) < 4.78 is 6.96. The van der Waals surface area contributed by atoms with Crippen LogP contribution in [0.2, 0.25) is 0 Å². The molecule has 6 aliphatic rings. The first kappa shape index (κ1) is 20.9. The smallest absolute Gasteiger partial charge is 0.0962 e. The first-order valence-electron chi connectivity index (χ1n) is 13.0. The molecule has 2 saturated heterocycles. The lowest BCUT2D eigenvalue weighted by atomic mass is 9.56. The maximum atomic E-state index is 10.7. The van der Waals surface area contributed by atoms with Crippen LogP contribution in [0.25, 0.3) is 0 Å². The second-order valence-electron chi connectivity index (χ2n) is 12.2. The molecule has 2 heterocycles. The fourth-order valence-electron chi connectivity index (χ4n) is 9.12. The van der Waals surface area contributed by atoms with Gasteiger partial charge in [0.15, 0.2) is 0 Å². The van der Waals surface area contributed by atoms with Crippen molar-refractivity contribution >= 4 is 0 Å². The molecule has 2 saturated carbocycles. The second-order valence-corrected chi connectivity index (χ2v) is 12.2. The van der Waals surface area contributed by atoms with E-state index in [1.807, 2.05) is 0 Å². The van der Waals surface area contributed by atoms with Crippen LogP contribution in [0.5, 0.6) is 0 Å². The predicted octanol–water partition coefficient (Wildman–Crippen LogP) is 3.97. The maximum Gasteiger partial charge on any atom is 0.0962 e. The largest absolute Gasteiger partial charge is 0.393 e. The molecular formula is C27H41NO3. The molecular weight excluding hydrogens is 386 g/mol. The zero-order valence-electron chi connectivity index (χ0n) is 19.6. The summed E-state index contributed by atoms with van der Waals surface area (Å²) in [7, 11) is 0. The first-order valence-corrected chi connectivity index (χ1v) is 13.0. The summed E-state index contributed by atoms with van der Waals surface area (Å²) in [6.07, 6.45) is 11.2. The molecule has 3 N–H and O–H groups in total. The van der Waals surface area contributed by atoms with Crippen molar-refractivity contribution in [3.05, 3.63) is 22.8 Å². The third-order valence-electron chi connectivity index (χ3n) is 10.8. The minimum absolute atomic E-state index is 0.152. The van der Waals surface area contributed by atoms with Crippen LogP contribution in [0.4, 0.5) is 0 Å². The van der Waals surface area contributed by atoms with E-state index in [0.717, 1.165) is 51.5 Å². The van der Waals surface area contributed by atoms with E-state index >= 15 is 0 Å². The molecule has 10 atom stereocenters. The molecule has 2 aliphatic heterocycles. The zero-order valence-corrected chi connectivity index (χ0v) is 19.6. The molecule has 4 heteroatoms. The Morgan fingerprint density at radius 2 is 2.03 bits per heavy atom. The summed E-state index contributed by atoms with van der Waals surface area (Å²) in [6, 6.07) is 0.421. The highest BCUT2D eigenvalue weighted by atomic mass is 16.5. The molecule has 1 spiro atoms. The van der Waals surface area contributed by atoms with Gasteiger partial charge in [-0.1, -0.05) is 38.0 Å². The molecule has 4 aliphatic carbocycles. The minimum Gasteiger partial charge on any atom is -0.393 e. The van der Waals surface area contributed by atoms with Crippen molar-refractivity contribution in [3.63, 3.8) is 0 Å². The van der Waals surface area contributed by atoms with Crippen LogP contribution in [0.15, 0.2) is 22.8 Å². The Morgan fingerprint density at radius 1 is 1.19 bits per heavy atom. The van der Waals surface area contributed by atoms with Gasteiger partial charge in [0, 0.05) is 12.0 Å². The molecule has 0 unspecified atom stereocenters. The van der Waals surface area contributed by atoms with Gasteiger partial charge >= 0.3 is 0 Å². The Labute approximate surface area is 187 Å². The van der Waals surface area contributed by atoms with E-state index in [4.69, 9.17) is 4.74 Å². The lowest BCUT2D eigenvalue weighted by Crippen LogP contribution is -2.49. The van der Waals surface area contributed by atoms with Crippen molar-refractivity contribution in [3.8, 4) is 0 Å². The number of piperidine rings is 1. The SMILES string of the molecule is C[C@@H]1CN[C@H]2[C@@H](C)[C@@]3(CC[C@@H]4C(=C3CO)C[C@H]3[C@H]4CC=C4C[C@@H](O)CC[C@@]43C)O[C@@H]2C1. The molecule has 6 rings (SSSR count). The number of hydrogen-bond donors (Lipinski definition) is 3. The summed E-state index contributed by atoms with van der Waals surface area (Å²) in [5.41, 5.74) is 4.30. The van der Waals surface area contributed by atoms with Crippen molar-refractivity contribution in [1.82, 2.24) is 5.32 Å². The Bertz CT molecular complexity index is 819. The van der Waals surface area contributed by atoms with Gasteiger partial charge in [-0.15, -0.1) is 0 Å². The summed E-state index contributed by atoms with van der Waals surface area (Å²) in [4.78, 5) is 0. The summed E-state index contributed by atoms with van der Waals surface area (Å²) in [5, 5.41) is 24.8. The molecule has 31 heavy (non-hydrogen) atoms. The highest BCUT2D eigenvalue weighted by Crippen LogP contribution is 2.65. The number of aliphatic hydroxyl groups excluding tert-OH is 2. The standard InChI is InChI=1S/C27H41NO3/c1-15-10-24-25(28-13-15)16(2)27(31-24)9-7-19-20-5-4-17-11-18(30)6-8-26(17,3)22(20)12-21(19)23(27)14-29/h4,15-16,18-20,22,24-25,28-30H,5-14H2,1-3H3/t15-,16+,18-,19-,20-,22-,24+,25-,26-,27+/m0/s1. The van der Waals surface area contributed by atoms with Gasteiger partial charge in [0.25, 0.3) is 0 Å². The van der Waals surface area contributed by atoms with Crippen LogP contribution in [-0.4, -0.2) is 47.2 Å². The van der Waals surface area contributed by atoms with E-state index in [9.17, 15) is 10.2 Å². The molecule has 172 valence electrons. The number of rotatable bonds is 1. The highest BCUT2D eigenvalue weighted by Gasteiger charge is 2.61. The number of ether oxygens (including phenoxy) is 1. The number of nitrogens with one attached hydrogen (secondary N) is 1. The van der Waals surface area contributed by atoms with E-state index in [1.165, 1.54) is 17.6 Å². The van der Waals surface area contributed by atoms with Crippen molar-refractivity contribution in [2.24, 2.45) is 35.0 Å². The van der Waals surface area contributed by atoms with Crippen LogP contribution in [0.3, 0.4) is 0 Å². The molecule has 4 fully saturated rings. The van der Waals surface area contributed by atoms with Crippen molar-refractivity contribution < 1.29 is 14.9 Å². The molecule has 0 aromatic rings. The van der Waals surface area contributed by atoms with Gasteiger partial charge in [-0.25, -0.2) is 0 Å². The van der Waals surface area contributed by atoms with Crippen molar-refractivity contribution in [1.29, 1.82) is 0 Å². The fraction of sp³-hybridized carbons (Fsp3) is 0.852. The van der Waals surface area contributed by atoms with Gasteiger partial charge in [0.05, 0.1) is 24.4 Å². The first-order chi connectivity index (χ1) is 14.9. The van der Waals surface area contributed by atoms with Gasteiger partial charge < -0.3 is 20.3 Å². The third-order valence-corrected chi connectivity index (χ3v) is 10.8. The predicted molar refractivity (Wildman–Crippen MR) is 121 cm³/mol. The quantitative estimate of drug-likeness (QED) is 0.554. The Balaban J connectivity index is 1.36. The van der Waals surface area contributed by atoms with E-state index in [2.05, 4.69) is 32.2 Å². The monoisotopic (exact) mass is 427 g/mol. The van der Waals surface area contributed by atoms with Gasteiger partial charge in [0.1, 0.15) is 0 Å². The van der Waals surface area contributed by atoms with Gasteiger partial charge in [-0.05, 0) is 92.6 Å². The lowest BCUT2D eigenvalue weighted by Gasteiger charge is -2.49. The fourth-order valence-corrected chi connectivity index (χ4v) is 9.12. The number of allylic oxidation sites excluding steroid dienone is 2.